The smallest absolute Gasteiger partial charge is 0.345 e. The fourth-order valence-corrected chi connectivity index (χ4v) is 2.66. The van der Waals surface area contributed by atoms with Gasteiger partial charge in [0.25, 0.3) is 0 Å². The SMILES string of the molecule is CC1(C)CC(Nc2ncc([N+](=O)[O-])s2)CCO1. The van der Waals surface area contributed by atoms with Crippen LogP contribution in [0.2, 0.25) is 0 Å². The minimum Gasteiger partial charge on any atom is -0.375 e. The predicted octanol–water partition coefficient (Wildman–Crippen LogP) is 2.42. The monoisotopic (exact) mass is 257 g/mol. The summed E-state index contributed by atoms with van der Waals surface area (Å²) >= 11 is 1.07. The van der Waals surface area contributed by atoms with E-state index in [1.165, 1.54) is 6.20 Å². The van der Waals surface area contributed by atoms with Crippen LogP contribution in [0.1, 0.15) is 26.7 Å². The van der Waals surface area contributed by atoms with Gasteiger partial charge in [-0.2, -0.15) is 0 Å². The zero-order chi connectivity index (χ0) is 12.5. The first-order chi connectivity index (χ1) is 7.96. The summed E-state index contributed by atoms with van der Waals surface area (Å²) in [5.74, 6) is 0. The molecule has 1 unspecified atom stereocenters. The van der Waals surface area contributed by atoms with E-state index in [1.54, 1.807) is 0 Å². The molecule has 6 nitrogen and oxygen atoms in total. The first kappa shape index (κ1) is 12.3. The van der Waals surface area contributed by atoms with Crippen molar-refractivity contribution in [1.29, 1.82) is 0 Å². The Morgan fingerprint density at radius 3 is 3.06 bits per heavy atom. The van der Waals surface area contributed by atoms with Crippen molar-refractivity contribution in [2.45, 2.75) is 38.3 Å². The van der Waals surface area contributed by atoms with Crippen LogP contribution in [-0.2, 0) is 4.74 Å². The molecule has 1 fully saturated rings. The molecular formula is C10H15N3O3S. The van der Waals surface area contributed by atoms with E-state index in [-0.39, 0.29) is 16.6 Å². The molecule has 0 bridgehead atoms. The number of rotatable bonds is 3. The van der Waals surface area contributed by atoms with E-state index < -0.39 is 4.92 Å². The number of thiazole rings is 1. The van der Waals surface area contributed by atoms with Crippen molar-refractivity contribution in [2.24, 2.45) is 0 Å². The van der Waals surface area contributed by atoms with Crippen LogP contribution >= 0.6 is 11.3 Å². The van der Waals surface area contributed by atoms with Crippen LogP contribution in [0, 0.1) is 10.1 Å². The average molecular weight is 257 g/mol. The minimum absolute atomic E-state index is 0.0684. The van der Waals surface area contributed by atoms with Crippen LogP contribution in [0.4, 0.5) is 10.1 Å². The highest BCUT2D eigenvalue weighted by Gasteiger charge is 2.29. The van der Waals surface area contributed by atoms with Gasteiger partial charge in [0.1, 0.15) is 6.20 Å². The summed E-state index contributed by atoms with van der Waals surface area (Å²) in [7, 11) is 0. The van der Waals surface area contributed by atoms with Crippen LogP contribution in [0.15, 0.2) is 6.20 Å². The van der Waals surface area contributed by atoms with Crippen LogP contribution in [0.5, 0.6) is 0 Å². The number of nitrogens with zero attached hydrogens (tertiary/aromatic N) is 2. The Kier molecular flexibility index (Phi) is 3.30. The van der Waals surface area contributed by atoms with E-state index in [0.29, 0.717) is 11.7 Å². The highest BCUT2D eigenvalue weighted by atomic mass is 32.1. The average Bonchev–Trinajstić information content (AvgIpc) is 2.64. The quantitative estimate of drug-likeness (QED) is 0.664. The Hall–Kier alpha value is -1.21. The van der Waals surface area contributed by atoms with Gasteiger partial charge in [0, 0.05) is 12.6 Å². The number of nitro groups is 1. The molecule has 0 aliphatic carbocycles. The molecule has 7 heteroatoms. The number of anilines is 1. The molecule has 0 amide bonds. The maximum Gasteiger partial charge on any atom is 0.345 e. The van der Waals surface area contributed by atoms with Gasteiger partial charge < -0.3 is 10.1 Å². The second-order valence-electron chi connectivity index (χ2n) is 4.70. The van der Waals surface area contributed by atoms with E-state index in [2.05, 4.69) is 10.3 Å². The molecular weight excluding hydrogens is 242 g/mol. The summed E-state index contributed by atoms with van der Waals surface area (Å²) < 4.78 is 5.61. The maximum atomic E-state index is 10.5. The summed E-state index contributed by atoms with van der Waals surface area (Å²) in [5.41, 5.74) is -0.140. The third-order valence-electron chi connectivity index (χ3n) is 2.70. The van der Waals surface area contributed by atoms with Crippen LogP contribution in [0.3, 0.4) is 0 Å². The van der Waals surface area contributed by atoms with E-state index >= 15 is 0 Å². The molecule has 94 valence electrons. The largest absolute Gasteiger partial charge is 0.375 e. The number of hydrogen-bond donors (Lipinski definition) is 1. The molecule has 1 aromatic rings. The van der Waals surface area contributed by atoms with Gasteiger partial charge in [-0.25, -0.2) is 4.98 Å². The first-order valence-corrected chi connectivity index (χ1v) is 6.29. The fraction of sp³-hybridized carbons (Fsp3) is 0.700. The molecule has 1 aliphatic rings. The van der Waals surface area contributed by atoms with Crippen molar-refractivity contribution in [2.75, 3.05) is 11.9 Å². The number of aromatic nitrogens is 1. The molecule has 1 atom stereocenters. The molecule has 17 heavy (non-hydrogen) atoms. The van der Waals surface area contributed by atoms with Gasteiger partial charge in [-0.05, 0) is 38.0 Å². The number of nitrogens with one attached hydrogen (secondary N) is 1. The third-order valence-corrected chi connectivity index (χ3v) is 3.58. The highest BCUT2D eigenvalue weighted by molar-refractivity contribution is 7.18. The third kappa shape index (κ3) is 3.13. The van der Waals surface area contributed by atoms with Gasteiger partial charge in [0.05, 0.1) is 10.5 Å². The Balaban J connectivity index is 1.98. The van der Waals surface area contributed by atoms with Gasteiger partial charge in [0.2, 0.25) is 0 Å². The Morgan fingerprint density at radius 1 is 1.71 bits per heavy atom. The Labute approximate surface area is 103 Å². The van der Waals surface area contributed by atoms with Crippen LogP contribution in [0.25, 0.3) is 0 Å². The van der Waals surface area contributed by atoms with Gasteiger partial charge in [-0.3, -0.25) is 10.1 Å². The molecule has 2 rings (SSSR count). The highest BCUT2D eigenvalue weighted by Crippen LogP contribution is 2.30. The molecule has 0 radical (unpaired) electrons. The standard InChI is InChI=1S/C10H15N3O3S/c1-10(2)5-7(3-4-16-10)12-9-11-6-8(17-9)13(14)15/h6-7H,3-5H2,1-2H3,(H,11,12). The van der Waals surface area contributed by atoms with Crippen LogP contribution < -0.4 is 5.32 Å². The Morgan fingerprint density at radius 2 is 2.47 bits per heavy atom. The van der Waals surface area contributed by atoms with Gasteiger partial charge in [0.15, 0.2) is 5.13 Å². The van der Waals surface area contributed by atoms with Crippen molar-refractivity contribution in [3.8, 4) is 0 Å². The lowest BCUT2D eigenvalue weighted by Gasteiger charge is -2.35. The molecule has 1 aromatic heterocycles. The zero-order valence-corrected chi connectivity index (χ0v) is 10.6. The van der Waals surface area contributed by atoms with Crippen molar-refractivity contribution < 1.29 is 9.66 Å². The van der Waals surface area contributed by atoms with Gasteiger partial charge >= 0.3 is 5.00 Å². The minimum atomic E-state index is -0.420. The second-order valence-corrected chi connectivity index (χ2v) is 5.71. The Bertz CT molecular complexity index is 419. The summed E-state index contributed by atoms with van der Waals surface area (Å²) in [6, 6.07) is 0.268. The molecule has 1 aliphatic heterocycles. The molecule has 1 N–H and O–H groups in total. The van der Waals surface area contributed by atoms with Crippen molar-refractivity contribution >= 4 is 21.5 Å². The lowest BCUT2D eigenvalue weighted by Crippen LogP contribution is -2.40. The summed E-state index contributed by atoms with van der Waals surface area (Å²) in [4.78, 5) is 14.1. The summed E-state index contributed by atoms with van der Waals surface area (Å²) in [5, 5.41) is 14.5. The zero-order valence-electron chi connectivity index (χ0n) is 9.80. The van der Waals surface area contributed by atoms with Crippen molar-refractivity contribution in [1.82, 2.24) is 4.98 Å². The van der Waals surface area contributed by atoms with Gasteiger partial charge in [-0.1, -0.05) is 0 Å². The molecule has 1 saturated heterocycles. The topological polar surface area (TPSA) is 77.3 Å². The first-order valence-electron chi connectivity index (χ1n) is 5.47. The fourth-order valence-electron chi connectivity index (χ4n) is 1.95. The lowest BCUT2D eigenvalue weighted by atomic mass is 9.94. The normalized spacial score (nSPS) is 23.3. The predicted molar refractivity (Wildman–Crippen MR) is 65.4 cm³/mol. The van der Waals surface area contributed by atoms with E-state index in [0.717, 1.165) is 24.2 Å². The number of ether oxygens (including phenoxy) is 1. The second kappa shape index (κ2) is 4.58. The summed E-state index contributed by atoms with van der Waals surface area (Å²) in [6.45, 7) is 4.80. The van der Waals surface area contributed by atoms with Crippen LogP contribution in [-0.4, -0.2) is 28.2 Å². The maximum absolute atomic E-state index is 10.5. The van der Waals surface area contributed by atoms with E-state index in [9.17, 15) is 10.1 Å². The molecule has 0 saturated carbocycles. The number of hydrogen-bond acceptors (Lipinski definition) is 6. The lowest BCUT2D eigenvalue weighted by molar-refractivity contribution is -0.380. The molecule has 0 spiro atoms. The van der Waals surface area contributed by atoms with Crippen molar-refractivity contribution in [3.05, 3.63) is 16.3 Å². The molecule has 2 heterocycles. The van der Waals surface area contributed by atoms with E-state index in [4.69, 9.17) is 4.74 Å². The van der Waals surface area contributed by atoms with Gasteiger partial charge in [-0.15, -0.1) is 0 Å². The van der Waals surface area contributed by atoms with Crippen molar-refractivity contribution in [3.63, 3.8) is 0 Å². The van der Waals surface area contributed by atoms with E-state index in [1.807, 2.05) is 13.8 Å². The molecule has 0 aromatic carbocycles. The summed E-state index contributed by atoms with van der Waals surface area (Å²) in [6.07, 6.45) is 3.06.